The molecule has 0 saturated carbocycles. The van der Waals surface area contributed by atoms with Crippen molar-refractivity contribution in [3.63, 3.8) is 0 Å². The summed E-state index contributed by atoms with van der Waals surface area (Å²) in [6.45, 7) is 0.240. The third-order valence-electron chi connectivity index (χ3n) is 5.53. The average Bonchev–Trinajstić information content (AvgIpc) is 3.31. The van der Waals surface area contributed by atoms with Crippen molar-refractivity contribution in [1.29, 1.82) is 5.26 Å². The highest BCUT2D eigenvalue weighted by Gasteiger charge is 2.13. The van der Waals surface area contributed by atoms with Crippen LogP contribution in [0.15, 0.2) is 71.4 Å². The molecule has 2 heterocycles. The van der Waals surface area contributed by atoms with Crippen LogP contribution in [0.2, 0.25) is 0 Å². The van der Waals surface area contributed by atoms with Crippen LogP contribution in [0.4, 0.5) is 0 Å². The third-order valence-corrected chi connectivity index (χ3v) is 6.26. The van der Waals surface area contributed by atoms with E-state index >= 15 is 0 Å². The van der Waals surface area contributed by atoms with Crippen molar-refractivity contribution in [3.8, 4) is 28.7 Å². The van der Waals surface area contributed by atoms with Gasteiger partial charge in [-0.15, -0.1) is 11.8 Å². The molecule has 0 bridgehead atoms. The number of nitriles is 1. The maximum Gasteiger partial charge on any atom is 0.262 e. The number of pyridine rings is 1. The smallest absolute Gasteiger partial charge is 0.262 e. The second-order valence-corrected chi connectivity index (χ2v) is 8.52. The van der Waals surface area contributed by atoms with Gasteiger partial charge < -0.3 is 19.8 Å². The summed E-state index contributed by atoms with van der Waals surface area (Å²) in [7, 11) is 3.12. The highest BCUT2D eigenvalue weighted by molar-refractivity contribution is 7.98. The van der Waals surface area contributed by atoms with Crippen molar-refractivity contribution in [2.24, 2.45) is 0 Å². The van der Waals surface area contributed by atoms with Crippen LogP contribution < -0.4 is 14.8 Å². The topological polar surface area (TPSA) is 100 Å². The minimum Gasteiger partial charge on any atom is -0.493 e. The number of hydrogen-bond donors (Lipinski definition) is 2. The molecule has 8 heteroatoms. The van der Waals surface area contributed by atoms with E-state index in [4.69, 9.17) is 9.47 Å². The molecule has 176 valence electrons. The van der Waals surface area contributed by atoms with Crippen LogP contribution in [-0.2, 0) is 11.3 Å². The first-order chi connectivity index (χ1) is 17.1. The van der Waals surface area contributed by atoms with Crippen LogP contribution in [0.25, 0.3) is 28.2 Å². The second kappa shape index (κ2) is 10.8. The number of carbonyl (C=O) groups excluding carboxylic acids is 1. The summed E-state index contributed by atoms with van der Waals surface area (Å²) in [6.07, 6.45) is 7.17. The summed E-state index contributed by atoms with van der Waals surface area (Å²) in [4.78, 5) is 21.6. The number of nitrogens with one attached hydrogen (secondary N) is 2. The lowest BCUT2D eigenvalue weighted by Crippen LogP contribution is -2.24. The molecular formula is C27H24N4O3S. The largest absolute Gasteiger partial charge is 0.493 e. The van der Waals surface area contributed by atoms with Gasteiger partial charge in [-0.25, -0.2) is 4.98 Å². The molecule has 0 atom stereocenters. The van der Waals surface area contributed by atoms with Crippen LogP contribution in [0.3, 0.4) is 0 Å². The molecule has 0 unspecified atom stereocenters. The zero-order valence-electron chi connectivity index (χ0n) is 19.6. The van der Waals surface area contributed by atoms with Crippen molar-refractivity contribution >= 4 is 34.8 Å². The molecule has 7 nitrogen and oxygen atoms in total. The summed E-state index contributed by atoms with van der Waals surface area (Å²) < 4.78 is 10.5. The summed E-state index contributed by atoms with van der Waals surface area (Å²) in [5, 5.41) is 13.3. The lowest BCUT2D eigenvalue weighted by molar-refractivity contribution is -0.117. The zero-order chi connectivity index (χ0) is 24.8. The molecule has 0 radical (unpaired) electrons. The minimum atomic E-state index is -0.464. The van der Waals surface area contributed by atoms with Gasteiger partial charge in [0.2, 0.25) is 0 Å². The molecular weight excluding hydrogens is 460 g/mol. The van der Waals surface area contributed by atoms with E-state index in [9.17, 15) is 10.1 Å². The number of benzene rings is 2. The van der Waals surface area contributed by atoms with Crippen molar-refractivity contribution < 1.29 is 14.3 Å². The molecule has 35 heavy (non-hydrogen) atoms. The number of methoxy groups -OCH3 is 2. The van der Waals surface area contributed by atoms with E-state index in [-0.39, 0.29) is 12.1 Å². The Morgan fingerprint density at radius 3 is 2.71 bits per heavy atom. The number of thioether (sulfide) groups is 1. The Morgan fingerprint density at radius 2 is 1.97 bits per heavy atom. The number of aromatic nitrogens is 2. The molecule has 0 spiro atoms. The van der Waals surface area contributed by atoms with Crippen LogP contribution in [-0.4, -0.2) is 36.4 Å². The van der Waals surface area contributed by atoms with Crippen molar-refractivity contribution in [3.05, 3.63) is 77.6 Å². The van der Waals surface area contributed by atoms with E-state index in [0.29, 0.717) is 22.7 Å². The van der Waals surface area contributed by atoms with Gasteiger partial charge in [0.05, 0.1) is 14.2 Å². The fourth-order valence-corrected chi connectivity index (χ4v) is 4.14. The predicted molar refractivity (Wildman–Crippen MR) is 138 cm³/mol. The molecule has 2 aromatic carbocycles. The number of hydrogen-bond acceptors (Lipinski definition) is 6. The summed E-state index contributed by atoms with van der Waals surface area (Å²) in [5.41, 5.74) is 4.23. The van der Waals surface area contributed by atoms with E-state index in [1.54, 1.807) is 50.4 Å². The summed E-state index contributed by atoms with van der Waals surface area (Å²) >= 11 is 1.68. The molecule has 0 aliphatic rings. The van der Waals surface area contributed by atoms with E-state index in [2.05, 4.69) is 27.4 Å². The average molecular weight is 485 g/mol. The van der Waals surface area contributed by atoms with Gasteiger partial charge in [-0.05, 0) is 53.8 Å². The van der Waals surface area contributed by atoms with Crippen LogP contribution in [0.1, 0.15) is 11.1 Å². The standard InChI is InChI=1S/C27H24N4O3S/c1-33-24-8-7-17(9-25(24)34-2)14-31-27(32)19(13-28)10-21-16-30-26-23(21)12-20(15-29-26)18-5-4-6-22(11-18)35-3/h4-12,15-16H,14H2,1-3H3,(H,29,30)(H,31,32)/b19-10+. The number of amides is 1. The molecule has 0 fully saturated rings. The lowest BCUT2D eigenvalue weighted by atomic mass is 10.0. The first-order valence-corrected chi connectivity index (χ1v) is 12.0. The number of nitrogens with zero attached hydrogens (tertiary/aromatic N) is 2. The number of carbonyl (C=O) groups is 1. The van der Waals surface area contributed by atoms with Gasteiger partial charge in [-0.3, -0.25) is 4.79 Å². The van der Waals surface area contributed by atoms with E-state index in [1.807, 2.05) is 42.8 Å². The molecule has 2 aromatic heterocycles. The Bertz CT molecular complexity index is 1450. The number of ether oxygens (including phenoxy) is 2. The van der Waals surface area contributed by atoms with Crippen LogP contribution >= 0.6 is 11.8 Å². The summed E-state index contributed by atoms with van der Waals surface area (Å²) in [5.74, 6) is 0.710. The SMILES string of the molecule is COc1ccc(CNC(=O)/C(C#N)=C/c2c[nH]c3ncc(-c4cccc(SC)c4)cc23)cc1OC. The van der Waals surface area contributed by atoms with Gasteiger partial charge in [0.1, 0.15) is 17.3 Å². The van der Waals surface area contributed by atoms with Gasteiger partial charge in [0.25, 0.3) is 5.91 Å². The van der Waals surface area contributed by atoms with E-state index < -0.39 is 5.91 Å². The van der Waals surface area contributed by atoms with Gasteiger partial charge in [-0.1, -0.05) is 18.2 Å². The van der Waals surface area contributed by atoms with Crippen molar-refractivity contribution in [1.82, 2.24) is 15.3 Å². The zero-order valence-corrected chi connectivity index (χ0v) is 20.4. The second-order valence-electron chi connectivity index (χ2n) is 7.64. The molecule has 2 N–H and O–H groups in total. The number of fused-ring (bicyclic) bond motifs is 1. The first-order valence-electron chi connectivity index (χ1n) is 10.8. The maximum absolute atomic E-state index is 12.8. The Morgan fingerprint density at radius 1 is 1.14 bits per heavy atom. The van der Waals surface area contributed by atoms with Gasteiger partial charge in [0, 0.05) is 40.3 Å². The van der Waals surface area contributed by atoms with Crippen LogP contribution in [0.5, 0.6) is 11.5 Å². The number of H-pyrrole nitrogens is 1. The molecule has 0 aliphatic carbocycles. The molecule has 1 amide bonds. The number of aromatic amines is 1. The first kappa shape index (κ1) is 23.9. The predicted octanol–water partition coefficient (Wildman–Crippen LogP) is 5.19. The van der Waals surface area contributed by atoms with Crippen molar-refractivity contribution in [2.45, 2.75) is 11.4 Å². The highest BCUT2D eigenvalue weighted by atomic mass is 32.2. The third kappa shape index (κ3) is 5.31. The molecule has 4 aromatic rings. The fraction of sp³-hybridized carbons (Fsp3) is 0.148. The molecule has 0 aliphatic heterocycles. The van der Waals surface area contributed by atoms with Crippen LogP contribution in [0, 0.1) is 11.3 Å². The minimum absolute atomic E-state index is 0.00107. The lowest BCUT2D eigenvalue weighted by Gasteiger charge is -2.10. The van der Waals surface area contributed by atoms with Gasteiger partial charge in [-0.2, -0.15) is 5.26 Å². The highest BCUT2D eigenvalue weighted by Crippen LogP contribution is 2.29. The molecule has 4 rings (SSSR count). The Labute approximate surface area is 207 Å². The molecule has 0 saturated heterocycles. The van der Waals surface area contributed by atoms with E-state index in [1.165, 1.54) is 0 Å². The monoisotopic (exact) mass is 484 g/mol. The normalized spacial score (nSPS) is 11.2. The Balaban J connectivity index is 1.57. The summed E-state index contributed by atoms with van der Waals surface area (Å²) in [6, 6.07) is 17.6. The number of rotatable bonds is 8. The van der Waals surface area contributed by atoms with Gasteiger partial charge >= 0.3 is 0 Å². The fourth-order valence-electron chi connectivity index (χ4n) is 3.68. The Hall–Kier alpha value is -4.22. The Kier molecular flexibility index (Phi) is 7.38. The van der Waals surface area contributed by atoms with Gasteiger partial charge in [0.15, 0.2) is 11.5 Å². The van der Waals surface area contributed by atoms with E-state index in [0.717, 1.165) is 27.0 Å². The van der Waals surface area contributed by atoms with Crippen molar-refractivity contribution in [2.75, 3.05) is 20.5 Å². The maximum atomic E-state index is 12.8. The quantitative estimate of drug-likeness (QED) is 0.203.